The van der Waals surface area contributed by atoms with E-state index in [0.29, 0.717) is 25.7 Å². The topological polar surface area (TPSA) is 41.6 Å². The van der Waals surface area contributed by atoms with Crippen molar-refractivity contribution < 1.29 is 22.7 Å². The Balaban J connectivity index is 1.81. The van der Waals surface area contributed by atoms with Gasteiger partial charge in [-0.1, -0.05) is 0 Å². The van der Waals surface area contributed by atoms with Gasteiger partial charge in [0.1, 0.15) is 6.04 Å². The Morgan fingerprint density at radius 2 is 1.90 bits per heavy atom. The largest absolute Gasteiger partial charge is 0.468 e. The van der Waals surface area contributed by atoms with E-state index in [-0.39, 0.29) is 18.8 Å². The van der Waals surface area contributed by atoms with Crippen molar-refractivity contribution in [1.29, 1.82) is 0 Å². The standard InChI is InChI=1S/C13H21F3N2O2/c1-20-12(19)11(17-10-2-3-10)8-18-6-4-9(5-7-18)13(14,15)16/h9-11,17H,2-8H2,1H3. The average Bonchev–Trinajstić information content (AvgIpc) is 3.20. The third kappa shape index (κ3) is 4.34. The van der Waals surface area contributed by atoms with Crippen molar-refractivity contribution in [3.05, 3.63) is 0 Å². The summed E-state index contributed by atoms with van der Waals surface area (Å²) in [6.45, 7) is 1.18. The third-order valence-electron chi connectivity index (χ3n) is 3.99. The molecule has 0 aromatic carbocycles. The number of nitrogens with one attached hydrogen (secondary N) is 1. The van der Waals surface area contributed by atoms with Crippen LogP contribution in [0.1, 0.15) is 25.7 Å². The van der Waals surface area contributed by atoms with E-state index in [4.69, 9.17) is 4.74 Å². The lowest BCUT2D eigenvalue weighted by atomic mass is 9.96. The predicted octanol–water partition coefficient (Wildman–Crippen LogP) is 1.55. The minimum atomic E-state index is -4.10. The van der Waals surface area contributed by atoms with Crippen LogP contribution in [0.2, 0.25) is 0 Å². The molecule has 1 heterocycles. The molecule has 0 aromatic heterocycles. The van der Waals surface area contributed by atoms with Crippen LogP contribution in [0.3, 0.4) is 0 Å². The summed E-state index contributed by atoms with van der Waals surface area (Å²) in [4.78, 5) is 13.6. The Morgan fingerprint density at radius 1 is 1.30 bits per heavy atom. The number of piperidine rings is 1. The number of nitrogens with zero attached hydrogens (tertiary/aromatic N) is 1. The quantitative estimate of drug-likeness (QED) is 0.781. The first-order valence-electron chi connectivity index (χ1n) is 7.03. The van der Waals surface area contributed by atoms with E-state index in [2.05, 4.69) is 5.32 Å². The number of esters is 1. The number of hydrogen-bond acceptors (Lipinski definition) is 4. The van der Waals surface area contributed by atoms with Crippen LogP contribution < -0.4 is 5.32 Å². The molecular weight excluding hydrogens is 273 g/mol. The maximum atomic E-state index is 12.6. The highest BCUT2D eigenvalue weighted by molar-refractivity contribution is 5.76. The van der Waals surface area contributed by atoms with Crippen LogP contribution in [-0.2, 0) is 9.53 Å². The van der Waals surface area contributed by atoms with Gasteiger partial charge in [0.2, 0.25) is 0 Å². The zero-order valence-electron chi connectivity index (χ0n) is 11.6. The molecule has 1 N–H and O–H groups in total. The highest BCUT2D eigenvalue weighted by Gasteiger charge is 2.41. The number of likely N-dealkylation sites (tertiary alicyclic amines) is 1. The normalized spacial score (nSPS) is 23.6. The number of methoxy groups -OCH3 is 1. The molecule has 0 bridgehead atoms. The minimum Gasteiger partial charge on any atom is -0.468 e. The highest BCUT2D eigenvalue weighted by atomic mass is 19.4. The molecule has 20 heavy (non-hydrogen) atoms. The van der Waals surface area contributed by atoms with Crippen LogP contribution in [0.5, 0.6) is 0 Å². The first-order chi connectivity index (χ1) is 9.40. The van der Waals surface area contributed by atoms with Crippen LogP contribution >= 0.6 is 0 Å². The van der Waals surface area contributed by atoms with Crippen molar-refractivity contribution in [2.24, 2.45) is 5.92 Å². The molecule has 1 aliphatic carbocycles. The van der Waals surface area contributed by atoms with E-state index in [1.807, 2.05) is 4.90 Å². The molecule has 0 spiro atoms. The lowest BCUT2D eigenvalue weighted by Crippen LogP contribution is -2.50. The second kappa shape index (κ2) is 6.30. The monoisotopic (exact) mass is 294 g/mol. The average molecular weight is 294 g/mol. The second-order valence-corrected chi connectivity index (χ2v) is 5.63. The molecule has 1 unspecified atom stereocenters. The van der Waals surface area contributed by atoms with E-state index in [0.717, 1.165) is 12.8 Å². The number of alkyl halides is 3. The first kappa shape index (κ1) is 15.6. The van der Waals surface area contributed by atoms with E-state index in [1.165, 1.54) is 7.11 Å². The minimum absolute atomic E-state index is 0.112. The summed E-state index contributed by atoms with van der Waals surface area (Å²) in [6.07, 6.45) is -1.78. The molecule has 2 rings (SSSR count). The van der Waals surface area contributed by atoms with Gasteiger partial charge in [-0.2, -0.15) is 13.2 Å². The Kier molecular flexibility index (Phi) is 4.90. The maximum absolute atomic E-state index is 12.6. The number of carbonyl (C=O) groups excluding carboxylic acids is 1. The number of rotatable bonds is 5. The van der Waals surface area contributed by atoms with Crippen LogP contribution in [0, 0.1) is 5.92 Å². The predicted molar refractivity (Wildman–Crippen MR) is 67.2 cm³/mol. The lowest BCUT2D eigenvalue weighted by molar-refractivity contribution is -0.185. The number of ether oxygens (including phenoxy) is 1. The van der Waals surface area contributed by atoms with Crippen LogP contribution in [0.4, 0.5) is 13.2 Å². The second-order valence-electron chi connectivity index (χ2n) is 5.63. The Morgan fingerprint density at radius 3 is 2.35 bits per heavy atom. The fraction of sp³-hybridized carbons (Fsp3) is 0.923. The summed E-state index contributed by atoms with van der Waals surface area (Å²) in [5, 5.41) is 3.19. The van der Waals surface area contributed by atoms with Crippen LogP contribution in [-0.4, -0.2) is 55.9 Å². The summed E-state index contributed by atoms with van der Waals surface area (Å²) in [6, 6.07) is -0.0817. The van der Waals surface area contributed by atoms with E-state index in [1.54, 1.807) is 0 Å². The van der Waals surface area contributed by atoms with Gasteiger partial charge in [-0.05, 0) is 38.8 Å². The van der Waals surface area contributed by atoms with Gasteiger partial charge in [0, 0.05) is 12.6 Å². The van der Waals surface area contributed by atoms with Gasteiger partial charge >= 0.3 is 12.1 Å². The summed E-state index contributed by atoms with van der Waals surface area (Å²) < 4.78 is 42.5. The molecule has 0 aromatic rings. The summed E-state index contributed by atoms with van der Waals surface area (Å²) >= 11 is 0. The SMILES string of the molecule is COC(=O)C(CN1CCC(C(F)(F)F)CC1)NC1CC1. The van der Waals surface area contributed by atoms with E-state index in [9.17, 15) is 18.0 Å². The molecule has 0 radical (unpaired) electrons. The number of hydrogen-bond donors (Lipinski definition) is 1. The molecule has 1 atom stereocenters. The highest BCUT2D eigenvalue weighted by Crippen LogP contribution is 2.34. The van der Waals surface area contributed by atoms with Crippen molar-refractivity contribution in [3.8, 4) is 0 Å². The summed E-state index contributed by atoms with van der Waals surface area (Å²) in [5.74, 6) is -1.54. The Bertz CT molecular complexity index is 337. The summed E-state index contributed by atoms with van der Waals surface area (Å²) in [5.41, 5.74) is 0. The van der Waals surface area contributed by atoms with Crippen molar-refractivity contribution in [3.63, 3.8) is 0 Å². The van der Waals surface area contributed by atoms with Gasteiger partial charge in [0.15, 0.2) is 0 Å². The number of carbonyl (C=O) groups is 1. The van der Waals surface area contributed by atoms with Crippen LogP contribution in [0.15, 0.2) is 0 Å². The molecule has 4 nitrogen and oxygen atoms in total. The fourth-order valence-electron chi connectivity index (χ4n) is 2.57. The number of halogens is 3. The molecule has 116 valence electrons. The van der Waals surface area contributed by atoms with Gasteiger partial charge in [-0.15, -0.1) is 0 Å². The summed E-state index contributed by atoms with van der Waals surface area (Å²) in [7, 11) is 1.33. The molecule has 1 aliphatic heterocycles. The Hall–Kier alpha value is -0.820. The van der Waals surface area contributed by atoms with Crippen molar-refractivity contribution in [2.75, 3.05) is 26.7 Å². The van der Waals surface area contributed by atoms with Gasteiger partial charge in [-0.25, -0.2) is 0 Å². The van der Waals surface area contributed by atoms with Gasteiger partial charge in [0.25, 0.3) is 0 Å². The van der Waals surface area contributed by atoms with E-state index >= 15 is 0 Å². The van der Waals surface area contributed by atoms with Crippen molar-refractivity contribution in [2.45, 2.75) is 43.9 Å². The molecule has 1 saturated carbocycles. The molecule has 7 heteroatoms. The van der Waals surface area contributed by atoms with Gasteiger partial charge in [0.05, 0.1) is 13.0 Å². The smallest absolute Gasteiger partial charge is 0.391 e. The zero-order valence-corrected chi connectivity index (χ0v) is 11.6. The molecule has 2 aliphatic rings. The zero-order chi connectivity index (χ0) is 14.8. The molecular formula is C13H21F3N2O2. The van der Waals surface area contributed by atoms with Crippen molar-refractivity contribution >= 4 is 5.97 Å². The first-order valence-corrected chi connectivity index (χ1v) is 7.03. The fourth-order valence-corrected chi connectivity index (χ4v) is 2.57. The Labute approximate surface area is 116 Å². The molecule has 0 amide bonds. The van der Waals surface area contributed by atoms with E-state index < -0.39 is 18.1 Å². The van der Waals surface area contributed by atoms with Crippen molar-refractivity contribution in [1.82, 2.24) is 10.2 Å². The maximum Gasteiger partial charge on any atom is 0.391 e. The molecule has 2 fully saturated rings. The van der Waals surface area contributed by atoms with Gasteiger partial charge in [-0.3, -0.25) is 4.79 Å². The third-order valence-corrected chi connectivity index (χ3v) is 3.99. The van der Waals surface area contributed by atoms with Gasteiger partial charge < -0.3 is 15.0 Å². The van der Waals surface area contributed by atoms with Crippen LogP contribution in [0.25, 0.3) is 0 Å². The lowest BCUT2D eigenvalue weighted by Gasteiger charge is -2.34. The molecule has 1 saturated heterocycles.